The zero-order valence-electron chi connectivity index (χ0n) is 19.6. The summed E-state index contributed by atoms with van der Waals surface area (Å²) in [5, 5.41) is 8.91. The van der Waals surface area contributed by atoms with E-state index in [0.717, 1.165) is 42.3 Å². The van der Waals surface area contributed by atoms with Crippen LogP contribution in [0, 0.1) is 0 Å². The van der Waals surface area contributed by atoms with Gasteiger partial charge in [0.2, 0.25) is 0 Å². The fraction of sp³-hybridized carbons (Fsp3) is 0.423. The zero-order chi connectivity index (χ0) is 22.8. The lowest BCUT2D eigenvalue weighted by Crippen LogP contribution is -2.18. The van der Waals surface area contributed by atoms with Gasteiger partial charge < -0.3 is 14.5 Å². The maximum absolute atomic E-state index is 5.76. The first-order valence-electron chi connectivity index (χ1n) is 11.8. The first-order valence-corrected chi connectivity index (χ1v) is 11.8. The highest BCUT2D eigenvalue weighted by Gasteiger charge is 2.23. The van der Waals surface area contributed by atoms with E-state index < -0.39 is 0 Å². The summed E-state index contributed by atoms with van der Waals surface area (Å²) in [6, 6.07) is 17.2. The molecule has 7 heteroatoms. The van der Waals surface area contributed by atoms with Gasteiger partial charge >= 0.3 is 0 Å². The summed E-state index contributed by atoms with van der Waals surface area (Å²) in [6.45, 7) is 8.35. The van der Waals surface area contributed by atoms with Gasteiger partial charge in [-0.1, -0.05) is 23.4 Å². The predicted octanol–water partition coefficient (Wildman–Crippen LogP) is 4.77. The monoisotopic (exact) mass is 445 g/mol. The van der Waals surface area contributed by atoms with Gasteiger partial charge in [0.1, 0.15) is 11.9 Å². The van der Waals surface area contributed by atoms with Crippen molar-refractivity contribution in [3.8, 4) is 11.4 Å². The summed E-state index contributed by atoms with van der Waals surface area (Å²) < 4.78 is 7.71. The molecule has 3 heterocycles. The van der Waals surface area contributed by atoms with E-state index in [2.05, 4.69) is 58.6 Å². The highest BCUT2D eigenvalue weighted by Crippen LogP contribution is 2.35. The molecule has 2 aromatic carbocycles. The normalized spacial score (nSPS) is 17.4. The Morgan fingerprint density at radius 2 is 1.94 bits per heavy atom. The number of aromatic nitrogens is 3. The van der Waals surface area contributed by atoms with Crippen molar-refractivity contribution in [2.45, 2.75) is 58.8 Å². The second kappa shape index (κ2) is 9.35. The fourth-order valence-corrected chi connectivity index (χ4v) is 4.48. The molecule has 2 aliphatic rings. The summed E-state index contributed by atoms with van der Waals surface area (Å²) in [5.74, 6) is 1.64. The van der Waals surface area contributed by atoms with Crippen molar-refractivity contribution < 1.29 is 9.57 Å². The Morgan fingerprint density at radius 3 is 2.70 bits per heavy atom. The number of ether oxygens (including phenoxy) is 1. The van der Waals surface area contributed by atoms with Crippen LogP contribution in [0.2, 0.25) is 0 Å². The van der Waals surface area contributed by atoms with Crippen LogP contribution in [0.15, 0.2) is 53.7 Å². The molecule has 5 rings (SSSR count). The standard InChI is InChI=1S/C26H31N5O2/c1-18(2)32-15-14-31-25(17-23-16-19(3)29-33-23)27-26(28-31)21-8-10-22(11-9-21)30-13-12-20-6-4-5-7-24(20)30/h4-11,18,23H,12-17H2,1-3H3. The fourth-order valence-electron chi connectivity index (χ4n) is 4.48. The van der Waals surface area contributed by atoms with Crippen LogP contribution in [-0.2, 0) is 29.0 Å². The topological polar surface area (TPSA) is 64.8 Å². The first-order chi connectivity index (χ1) is 16.1. The number of hydrogen-bond acceptors (Lipinski definition) is 6. The zero-order valence-corrected chi connectivity index (χ0v) is 19.6. The van der Waals surface area contributed by atoms with E-state index in [-0.39, 0.29) is 12.2 Å². The SMILES string of the molecule is CC1=NOC(Cc2nc(-c3ccc(N4CCc5ccccc54)cc3)nn2CCOC(C)C)C1. The van der Waals surface area contributed by atoms with E-state index in [1.807, 2.05) is 25.5 Å². The second-order valence-electron chi connectivity index (χ2n) is 9.03. The lowest BCUT2D eigenvalue weighted by molar-refractivity contribution is 0.0675. The Kier molecular flexibility index (Phi) is 6.13. The van der Waals surface area contributed by atoms with Crippen LogP contribution >= 0.6 is 0 Å². The van der Waals surface area contributed by atoms with E-state index in [1.165, 1.54) is 16.9 Å². The molecule has 2 aliphatic heterocycles. The summed E-state index contributed by atoms with van der Waals surface area (Å²) >= 11 is 0. The summed E-state index contributed by atoms with van der Waals surface area (Å²) in [4.78, 5) is 12.8. The Balaban J connectivity index is 1.35. The molecule has 7 nitrogen and oxygen atoms in total. The van der Waals surface area contributed by atoms with Gasteiger partial charge in [-0.05, 0) is 63.1 Å². The van der Waals surface area contributed by atoms with Crippen molar-refractivity contribution in [3.63, 3.8) is 0 Å². The Morgan fingerprint density at radius 1 is 1.12 bits per heavy atom. The minimum atomic E-state index is 0.0180. The molecule has 0 saturated carbocycles. The van der Waals surface area contributed by atoms with Gasteiger partial charge in [0.25, 0.3) is 0 Å². The van der Waals surface area contributed by atoms with Gasteiger partial charge in [0.05, 0.1) is 25.0 Å². The smallest absolute Gasteiger partial charge is 0.181 e. The van der Waals surface area contributed by atoms with Crippen LogP contribution in [0.1, 0.15) is 38.6 Å². The molecule has 1 atom stereocenters. The lowest BCUT2D eigenvalue weighted by atomic mass is 10.1. The maximum Gasteiger partial charge on any atom is 0.181 e. The summed E-state index contributed by atoms with van der Waals surface area (Å²) in [7, 11) is 0. The van der Waals surface area contributed by atoms with Gasteiger partial charge in [0.15, 0.2) is 5.82 Å². The number of hydrogen-bond donors (Lipinski definition) is 0. The van der Waals surface area contributed by atoms with Gasteiger partial charge in [-0.15, -0.1) is 0 Å². The third-order valence-electron chi connectivity index (χ3n) is 6.12. The van der Waals surface area contributed by atoms with E-state index in [1.54, 1.807) is 0 Å². The molecule has 172 valence electrons. The van der Waals surface area contributed by atoms with Crippen molar-refractivity contribution in [2.24, 2.45) is 5.16 Å². The summed E-state index contributed by atoms with van der Waals surface area (Å²) in [5.41, 5.74) is 5.93. The van der Waals surface area contributed by atoms with Gasteiger partial charge in [-0.3, -0.25) is 0 Å². The largest absolute Gasteiger partial charge is 0.392 e. The molecule has 1 aromatic heterocycles. The highest BCUT2D eigenvalue weighted by molar-refractivity contribution is 5.82. The lowest BCUT2D eigenvalue weighted by Gasteiger charge is -2.19. The molecule has 0 bridgehead atoms. The minimum Gasteiger partial charge on any atom is -0.392 e. The Labute approximate surface area is 195 Å². The van der Waals surface area contributed by atoms with E-state index in [9.17, 15) is 0 Å². The number of benzene rings is 2. The molecular formula is C26H31N5O2. The Bertz CT molecular complexity index is 1140. The molecule has 0 fully saturated rings. The molecule has 0 N–H and O–H groups in total. The molecule has 0 saturated heterocycles. The van der Waals surface area contributed by atoms with Crippen LogP contribution in [0.4, 0.5) is 11.4 Å². The van der Waals surface area contributed by atoms with Crippen LogP contribution in [0.5, 0.6) is 0 Å². The first kappa shape index (κ1) is 21.6. The average Bonchev–Trinajstić information content (AvgIpc) is 3.53. The van der Waals surface area contributed by atoms with Gasteiger partial charge in [0, 0.05) is 36.3 Å². The van der Waals surface area contributed by atoms with E-state index >= 15 is 0 Å². The van der Waals surface area contributed by atoms with Crippen molar-refractivity contribution in [1.29, 1.82) is 0 Å². The Hall–Kier alpha value is -3.19. The molecule has 0 spiro atoms. The van der Waals surface area contributed by atoms with Crippen molar-refractivity contribution in [2.75, 3.05) is 18.1 Å². The summed E-state index contributed by atoms with van der Waals surface area (Å²) in [6.07, 6.45) is 2.80. The van der Waals surface area contributed by atoms with Crippen molar-refractivity contribution >= 4 is 17.1 Å². The van der Waals surface area contributed by atoms with Crippen LogP contribution in [0.25, 0.3) is 11.4 Å². The van der Waals surface area contributed by atoms with Gasteiger partial charge in [-0.25, -0.2) is 9.67 Å². The minimum absolute atomic E-state index is 0.0180. The van der Waals surface area contributed by atoms with Gasteiger partial charge in [-0.2, -0.15) is 5.10 Å². The van der Waals surface area contributed by atoms with Crippen molar-refractivity contribution in [3.05, 3.63) is 59.9 Å². The molecule has 33 heavy (non-hydrogen) atoms. The third-order valence-corrected chi connectivity index (χ3v) is 6.12. The highest BCUT2D eigenvalue weighted by atomic mass is 16.6. The molecule has 0 radical (unpaired) electrons. The van der Waals surface area contributed by atoms with Crippen LogP contribution in [0.3, 0.4) is 0 Å². The number of anilines is 2. The maximum atomic E-state index is 5.76. The van der Waals surface area contributed by atoms with Crippen LogP contribution < -0.4 is 4.90 Å². The predicted molar refractivity (Wildman–Crippen MR) is 130 cm³/mol. The number of fused-ring (bicyclic) bond motifs is 1. The molecular weight excluding hydrogens is 414 g/mol. The van der Waals surface area contributed by atoms with Crippen LogP contribution in [-0.4, -0.2) is 45.8 Å². The van der Waals surface area contributed by atoms with E-state index in [4.69, 9.17) is 19.7 Å². The number of oxime groups is 1. The molecule has 3 aromatic rings. The number of para-hydroxylation sites is 1. The molecule has 1 unspecified atom stereocenters. The quantitative estimate of drug-likeness (QED) is 0.500. The number of nitrogens with zero attached hydrogens (tertiary/aromatic N) is 5. The van der Waals surface area contributed by atoms with E-state index in [0.29, 0.717) is 19.6 Å². The number of rotatable bonds is 8. The average molecular weight is 446 g/mol. The molecule has 0 amide bonds. The molecule has 0 aliphatic carbocycles. The second-order valence-corrected chi connectivity index (χ2v) is 9.03. The third kappa shape index (κ3) is 4.78. The van der Waals surface area contributed by atoms with Crippen molar-refractivity contribution in [1.82, 2.24) is 14.8 Å².